The molecule has 0 amide bonds. The van der Waals surface area contributed by atoms with Crippen LogP contribution >= 0.6 is 0 Å². The van der Waals surface area contributed by atoms with Gasteiger partial charge in [-0.3, -0.25) is 4.98 Å². The number of hydrogen-bond donors (Lipinski definition) is 0. The van der Waals surface area contributed by atoms with Gasteiger partial charge >= 0.3 is 0 Å². The van der Waals surface area contributed by atoms with Crippen molar-refractivity contribution in [3.8, 4) is 22.4 Å². The van der Waals surface area contributed by atoms with E-state index in [9.17, 15) is 0 Å². The average Bonchev–Trinajstić information content (AvgIpc) is 3.37. The zero-order valence-electron chi connectivity index (χ0n) is 21.2. The van der Waals surface area contributed by atoms with Crippen molar-refractivity contribution < 1.29 is 0 Å². The van der Waals surface area contributed by atoms with E-state index in [1.54, 1.807) is 0 Å². The van der Waals surface area contributed by atoms with Crippen LogP contribution in [-0.2, 0) is 6.42 Å². The standard InChI is InChI=1S/C33H35N/c1-20(2)31-19-34-32(30-16-22(10-11-26(30)31)24-12-13-33(4,5)18-24)29-15-21(3)14-27-25-9-7-6-8-23(25)17-28(27)29/h6-11,14-16,19-20,24H,12-13,17-18H2,1-5H3. The maximum atomic E-state index is 5.18. The van der Waals surface area contributed by atoms with E-state index in [4.69, 9.17) is 4.98 Å². The van der Waals surface area contributed by atoms with E-state index in [1.807, 2.05) is 0 Å². The summed E-state index contributed by atoms with van der Waals surface area (Å²) in [4.78, 5) is 5.18. The van der Waals surface area contributed by atoms with E-state index in [2.05, 4.69) is 95.4 Å². The smallest absolute Gasteiger partial charge is 0.0783 e. The average molecular weight is 446 g/mol. The zero-order valence-corrected chi connectivity index (χ0v) is 21.2. The van der Waals surface area contributed by atoms with Crippen molar-refractivity contribution in [3.63, 3.8) is 0 Å². The Labute approximate surface area is 204 Å². The number of hydrogen-bond acceptors (Lipinski definition) is 1. The van der Waals surface area contributed by atoms with Crippen LogP contribution in [0.3, 0.4) is 0 Å². The molecule has 0 aliphatic heterocycles. The second-order valence-electron chi connectivity index (χ2n) is 11.8. The quantitative estimate of drug-likeness (QED) is 0.270. The van der Waals surface area contributed by atoms with Crippen molar-refractivity contribution in [1.29, 1.82) is 0 Å². The lowest BCUT2D eigenvalue weighted by atomic mass is 9.86. The highest BCUT2D eigenvalue weighted by atomic mass is 14.7. The monoisotopic (exact) mass is 445 g/mol. The zero-order chi connectivity index (χ0) is 23.6. The van der Waals surface area contributed by atoms with Crippen LogP contribution in [0.5, 0.6) is 0 Å². The minimum atomic E-state index is 0.448. The van der Waals surface area contributed by atoms with Gasteiger partial charge in [0.15, 0.2) is 0 Å². The summed E-state index contributed by atoms with van der Waals surface area (Å²) in [7, 11) is 0. The molecule has 2 aliphatic rings. The summed E-state index contributed by atoms with van der Waals surface area (Å²) in [5.41, 5.74) is 12.7. The van der Waals surface area contributed by atoms with Crippen LogP contribution in [0.25, 0.3) is 33.2 Å². The lowest BCUT2D eigenvalue weighted by Crippen LogP contribution is -2.05. The van der Waals surface area contributed by atoms with Gasteiger partial charge in [0.25, 0.3) is 0 Å². The molecule has 1 nitrogen and oxygen atoms in total. The molecule has 34 heavy (non-hydrogen) atoms. The third kappa shape index (κ3) is 3.49. The Morgan fingerprint density at radius 3 is 2.47 bits per heavy atom. The third-order valence-corrected chi connectivity index (χ3v) is 8.33. The highest BCUT2D eigenvalue weighted by Gasteiger charge is 2.32. The van der Waals surface area contributed by atoms with Crippen molar-refractivity contribution in [2.45, 2.75) is 72.1 Å². The number of fused-ring (bicyclic) bond motifs is 4. The van der Waals surface area contributed by atoms with Crippen LogP contribution in [0.15, 0.2) is 60.8 Å². The Kier molecular flexibility index (Phi) is 4.96. The minimum Gasteiger partial charge on any atom is -0.255 e. The van der Waals surface area contributed by atoms with Crippen LogP contribution in [0.2, 0.25) is 0 Å². The van der Waals surface area contributed by atoms with Crippen molar-refractivity contribution in [2.24, 2.45) is 5.41 Å². The molecule has 1 fully saturated rings. The maximum Gasteiger partial charge on any atom is 0.0783 e. The first kappa shape index (κ1) is 21.6. The molecule has 172 valence electrons. The van der Waals surface area contributed by atoms with Gasteiger partial charge in [0.2, 0.25) is 0 Å². The molecule has 0 spiro atoms. The van der Waals surface area contributed by atoms with E-state index >= 15 is 0 Å². The maximum absolute atomic E-state index is 5.18. The second kappa shape index (κ2) is 7.80. The van der Waals surface area contributed by atoms with Crippen molar-refractivity contribution in [3.05, 3.63) is 88.6 Å². The summed E-state index contributed by atoms with van der Waals surface area (Å²) >= 11 is 0. The highest BCUT2D eigenvalue weighted by Crippen LogP contribution is 2.48. The van der Waals surface area contributed by atoms with Crippen molar-refractivity contribution in [1.82, 2.24) is 4.98 Å². The molecular formula is C33H35N. The Morgan fingerprint density at radius 2 is 1.71 bits per heavy atom. The fourth-order valence-electron chi connectivity index (χ4n) is 6.52. The van der Waals surface area contributed by atoms with E-state index in [1.165, 1.54) is 74.5 Å². The predicted octanol–water partition coefficient (Wildman–Crippen LogP) is 9.20. The molecule has 3 aromatic carbocycles. The van der Waals surface area contributed by atoms with Gasteiger partial charge < -0.3 is 0 Å². The van der Waals surface area contributed by atoms with E-state index in [0.717, 1.165) is 12.1 Å². The summed E-state index contributed by atoms with van der Waals surface area (Å²) in [5.74, 6) is 1.11. The van der Waals surface area contributed by atoms with Crippen molar-refractivity contribution >= 4 is 10.8 Å². The Bertz CT molecular complexity index is 1420. The van der Waals surface area contributed by atoms with Crippen molar-refractivity contribution in [2.75, 3.05) is 0 Å². The lowest BCUT2D eigenvalue weighted by Gasteiger charge is -2.20. The summed E-state index contributed by atoms with van der Waals surface area (Å²) in [6.07, 6.45) is 7.02. The summed E-state index contributed by atoms with van der Waals surface area (Å²) in [5, 5.41) is 2.70. The molecule has 1 atom stereocenters. The molecule has 6 rings (SSSR count). The predicted molar refractivity (Wildman–Crippen MR) is 145 cm³/mol. The van der Waals surface area contributed by atoms with Gasteiger partial charge in [0.05, 0.1) is 5.69 Å². The number of benzene rings is 3. The summed E-state index contributed by atoms with van der Waals surface area (Å²) in [6, 6.07) is 20.9. The Morgan fingerprint density at radius 1 is 0.912 bits per heavy atom. The number of aryl methyl sites for hydroxylation is 1. The Hall–Kier alpha value is -2.93. The summed E-state index contributed by atoms with van der Waals surface area (Å²) in [6.45, 7) is 11.6. The number of aromatic nitrogens is 1. The molecule has 1 heteroatoms. The topological polar surface area (TPSA) is 12.9 Å². The normalized spacial score (nSPS) is 18.5. The molecule has 1 heterocycles. The van der Waals surface area contributed by atoms with Gasteiger partial charge in [-0.25, -0.2) is 0 Å². The highest BCUT2D eigenvalue weighted by molar-refractivity contribution is 5.99. The van der Waals surface area contributed by atoms with Gasteiger partial charge in [0, 0.05) is 17.1 Å². The largest absolute Gasteiger partial charge is 0.255 e. The molecule has 0 radical (unpaired) electrons. The van der Waals surface area contributed by atoms with Gasteiger partial charge in [0.1, 0.15) is 0 Å². The Balaban J connectivity index is 1.58. The molecule has 1 unspecified atom stereocenters. The number of nitrogens with zero attached hydrogens (tertiary/aromatic N) is 1. The molecule has 4 aromatic rings. The van der Waals surface area contributed by atoms with Gasteiger partial charge in [-0.1, -0.05) is 70.2 Å². The minimum absolute atomic E-state index is 0.448. The first-order valence-corrected chi connectivity index (χ1v) is 13.0. The number of pyridine rings is 1. The van der Waals surface area contributed by atoms with E-state index in [-0.39, 0.29) is 0 Å². The SMILES string of the molecule is Cc1cc2c(c(-c3ncc(C(C)C)c4ccc(C5CCC(C)(C)C5)cc34)c1)Cc1ccccc1-2. The molecule has 0 saturated heterocycles. The van der Waals surface area contributed by atoms with Crippen LogP contribution < -0.4 is 0 Å². The van der Waals surface area contributed by atoms with Crippen LogP contribution in [0, 0.1) is 12.3 Å². The lowest BCUT2D eigenvalue weighted by molar-refractivity contribution is 0.376. The molecule has 1 aromatic heterocycles. The van der Waals surface area contributed by atoms with Crippen LogP contribution in [-0.4, -0.2) is 4.98 Å². The van der Waals surface area contributed by atoms with Gasteiger partial charge in [-0.05, 0) is 106 Å². The number of rotatable bonds is 3. The molecule has 0 N–H and O–H groups in total. The fraction of sp³-hybridized carbons (Fsp3) is 0.364. The van der Waals surface area contributed by atoms with Crippen LogP contribution in [0.1, 0.15) is 86.6 Å². The first-order chi connectivity index (χ1) is 16.3. The molecule has 2 aliphatic carbocycles. The van der Waals surface area contributed by atoms with Crippen LogP contribution in [0.4, 0.5) is 0 Å². The molecule has 1 saturated carbocycles. The third-order valence-electron chi connectivity index (χ3n) is 8.33. The summed E-state index contributed by atoms with van der Waals surface area (Å²) < 4.78 is 0. The van der Waals surface area contributed by atoms with Gasteiger partial charge in [-0.2, -0.15) is 0 Å². The fourth-order valence-corrected chi connectivity index (χ4v) is 6.52. The van der Waals surface area contributed by atoms with E-state index < -0.39 is 0 Å². The molecule has 0 bridgehead atoms. The first-order valence-electron chi connectivity index (χ1n) is 13.0. The van der Waals surface area contributed by atoms with Gasteiger partial charge in [-0.15, -0.1) is 0 Å². The van der Waals surface area contributed by atoms with E-state index in [0.29, 0.717) is 17.3 Å². The molecular weight excluding hydrogens is 410 g/mol. The second-order valence-corrected chi connectivity index (χ2v) is 11.8.